The van der Waals surface area contributed by atoms with Gasteiger partial charge in [-0.05, 0) is 67.1 Å². The molecule has 0 amide bonds. The maximum atomic E-state index is 13.2. The van der Waals surface area contributed by atoms with Gasteiger partial charge in [0, 0.05) is 28.2 Å². The average molecular weight is 418 g/mol. The Balaban J connectivity index is 1.67. The number of ether oxygens (including phenoxy) is 1. The first-order valence-electron chi connectivity index (χ1n) is 10.3. The fourth-order valence-corrected chi connectivity index (χ4v) is 4.87. The maximum Gasteiger partial charge on any atom is 0.260 e. The molecule has 0 unspecified atom stereocenters. The van der Waals surface area contributed by atoms with Gasteiger partial charge in [0.15, 0.2) is 0 Å². The summed E-state index contributed by atoms with van der Waals surface area (Å²) in [6, 6.07) is 13.9. The van der Waals surface area contributed by atoms with Gasteiger partial charge < -0.3 is 15.0 Å². The van der Waals surface area contributed by atoms with E-state index in [2.05, 4.69) is 15.3 Å². The van der Waals surface area contributed by atoms with Crippen LogP contribution in [0.5, 0.6) is 5.75 Å². The summed E-state index contributed by atoms with van der Waals surface area (Å²) in [7, 11) is 0. The summed E-state index contributed by atoms with van der Waals surface area (Å²) in [6.45, 7) is 2.67. The number of rotatable bonds is 5. The third kappa shape index (κ3) is 3.64. The van der Waals surface area contributed by atoms with E-state index in [9.17, 15) is 4.79 Å². The molecule has 5 rings (SSSR count). The highest BCUT2D eigenvalue weighted by atomic mass is 32.1. The molecule has 0 aliphatic carbocycles. The number of nitrogens with one attached hydrogen (secondary N) is 2. The monoisotopic (exact) mass is 417 g/mol. The van der Waals surface area contributed by atoms with E-state index in [-0.39, 0.29) is 5.56 Å². The molecular weight excluding hydrogens is 394 g/mol. The van der Waals surface area contributed by atoms with Gasteiger partial charge in [-0.25, -0.2) is 0 Å². The molecule has 0 spiro atoms. The lowest BCUT2D eigenvalue weighted by Gasteiger charge is -2.24. The van der Waals surface area contributed by atoms with Crippen molar-refractivity contribution in [3.63, 3.8) is 0 Å². The van der Waals surface area contributed by atoms with E-state index in [4.69, 9.17) is 4.74 Å². The van der Waals surface area contributed by atoms with Gasteiger partial charge in [0.1, 0.15) is 5.75 Å². The summed E-state index contributed by atoms with van der Waals surface area (Å²) < 4.78 is 6.43. The van der Waals surface area contributed by atoms with Crippen molar-refractivity contribution in [2.75, 3.05) is 19.7 Å². The molecule has 4 heterocycles. The standard InChI is InChI=1S/C24H23N3O2S/c28-24-21(20-5-2-14-30-20)23(29-15-16-6-10-25-11-7-16)19-4-1-3-18(22(19)27-24)17-8-12-26-13-9-17/h1-5,8-9,12-14,16,25H,6-7,10-11,15H2,(H,27,28). The Morgan fingerprint density at radius 3 is 2.67 bits per heavy atom. The van der Waals surface area contributed by atoms with Gasteiger partial charge in [-0.3, -0.25) is 9.78 Å². The number of aromatic nitrogens is 2. The van der Waals surface area contributed by atoms with Crippen molar-refractivity contribution in [2.45, 2.75) is 12.8 Å². The van der Waals surface area contributed by atoms with E-state index >= 15 is 0 Å². The molecule has 1 aromatic carbocycles. The van der Waals surface area contributed by atoms with E-state index in [1.165, 1.54) is 0 Å². The molecule has 152 valence electrons. The predicted molar refractivity (Wildman–Crippen MR) is 122 cm³/mol. The van der Waals surface area contributed by atoms with Crippen LogP contribution in [0, 0.1) is 5.92 Å². The molecule has 0 atom stereocenters. The zero-order valence-electron chi connectivity index (χ0n) is 16.6. The Kier molecular flexibility index (Phi) is 5.34. The van der Waals surface area contributed by atoms with Crippen molar-refractivity contribution in [1.82, 2.24) is 15.3 Å². The van der Waals surface area contributed by atoms with Crippen LogP contribution in [0.1, 0.15) is 12.8 Å². The summed E-state index contributed by atoms with van der Waals surface area (Å²) in [5, 5.41) is 6.32. The van der Waals surface area contributed by atoms with Gasteiger partial charge in [-0.15, -0.1) is 11.3 Å². The first kappa shape index (κ1) is 19.0. The second kappa shape index (κ2) is 8.42. The number of pyridine rings is 2. The van der Waals surface area contributed by atoms with Gasteiger partial charge in [-0.1, -0.05) is 18.2 Å². The molecule has 0 radical (unpaired) electrons. The molecule has 1 fully saturated rings. The lowest BCUT2D eigenvalue weighted by molar-refractivity contribution is 0.217. The summed E-state index contributed by atoms with van der Waals surface area (Å²) in [6.07, 6.45) is 5.72. The normalized spacial score (nSPS) is 14.8. The fourth-order valence-electron chi connectivity index (χ4n) is 4.11. The summed E-state index contributed by atoms with van der Waals surface area (Å²) in [5.74, 6) is 1.19. The SMILES string of the molecule is O=c1[nH]c2c(-c3ccncc3)cccc2c(OCC2CCNCC2)c1-c1cccs1. The minimum atomic E-state index is -0.119. The van der Waals surface area contributed by atoms with Gasteiger partial charge >= 0.3 is 0 Å². The summed E-state index contributed by atoms with van der Waals surface area (Å²) in [4.78, 5) is 21.4. The third-order valence-corrected chi connectivity index (χ3v) is 6.57. The Morgan fingerprint density at radius 1 is 1.07 bits per heavy atom. The first-order chi connectivity index (χ1) is 14.8. The molecule has 0 saturated carbocycles. The molecule has 1 aliphatic rings. The topological polar surface area (TPSA) is 67.0 Å². The molecular formula is C24H23N3O2S. The van der Waals surface area contributed by atoms with Crippen molar-refractivity contribution < 1.29 is 4.74 Å². The number of hydrogen-bond acceptors (Lipinski definition) is 5. The highest BCUT2D eigenvalue weighted by molar-refractivity contribution is 7.13. The second-order valence-corrected chi connectivity index (χ2v) is 8.55. The van der Waals surface area contributed by atoms with Crippen LogP contribution in [0.4, 0.5) is 0 Å². The van der Waals surface area contributed by atoms with Crippen LogP contribution >= 0.6 is 11.3 Å². The third-order valence-electron chi connectivity index (χ3n) is 5.68. The molecule has 4 aromatic rings. The smallest absolute Gasteiger partial charge is 0.260 e. The van der Waals surface area contributed by atoms with Crippen LogP contribution in [0.3, 0.4) is 0 Å². The van der Waals surface area contributed by atoms with E-state index < -0.39 is 0 Å². The Morgan fingerprint density at radius 2 is 1.90 bits per heavy atom. The molecule has 2 N–H and O–H groups in total. The van der Waals surface area contributed by atoms with Crippen LogP contribution in [-0.4, -0.2) is 29.7 Å². The summed E-state index contributed by atoms with van der Waals surface area (Å²) >= 11 is 1.56. The van der Waals surface area contributed by atoms with E-state index in [1.54, 1.807) is 23.7 Å². The average Bonchev–Trinajstić information content (AvgIpc) is 3.32. The van der Waals surface area contributed by atoms with Crippen molar-refractivity contribution in [3.05, 3.63) is 70.6 Å². The van der Waals surface area contributed by atoms with Crippen LogP contribution in [0.15, 0.2) is 65.0 Å². The number of fused-ring (bicyclic) bond motifs is 1. The van der Waals surface area contributed by atoms with Crippen LogP contribution in [0.25, 0.3) is 32.5 Å². The van der Waals surface area contributed by atoms with Crippen LogP contribution in [-0.2, 0) is 0 Å². The van der Waals surface area contributed by atoms with Crippen molar-refractivity contribution >= 4 is 22.2 Å². The molecule has 30 heavy (non-hydrogen) atoms. The molecule has 1 saturated heterocycles. The van der Waals surface area contributed by atoms with Crippen molar-refractivity contribution in [2.24, 2.45) is 5.92 Å². The van der Waals surface area contributed by atoms with Crippen molar-refractivity contribution in [3.8, 4) is 27.3 Å². The molecule has 5 nitrogen and oxygen atoms in total. The van der Waals surface area contributed by atoms with E-state index in [1.807, 2.05) is 47.8 Å². The number of H-pyrrole nitrogens is 1. The van der Waals surface area contributed by atoms with Crippen LogP contribution < -0.4 is 15.6 Å². The van der Waals surface area contributed by atoms with Gasteiger partial charge in [-0.2, -0.15) is 0 Å². The summed E-state index contributed by atoms with van der Waals surface area (Å²) in [5.41, 5.74) is 3.29. The number of para-hydroxylation sites is 1. The Bertz CT molecular complexity index is 1200. The fraction of sp³-hybridized carbons (Fsp3) is 0.250. The molecule has 6 heteroatoms. The van der Waals surface area contributed by atoms with Crippen molar-refractivity contribution in [1.29, 1.82) is 0 Å². The number of aromatic amines is 1. The van der Waals surface area contributed by atoms with E-state index in [0.29, 0.717) is 23.8 Å². The number of nitrogens with zero attached hydrogens (tertiary/aromatic N) is 1. The number of piperidine rings is 1. The predicted octanol–water partition coefficient (Wildman–Crippen LogP) is 4.70. The lowest BCUT2D eigenvalue weighted by Crippen LogP contribution is -2.30. The van der Waals surface area contributed by atoms with E-state index in [0.717, 1.165) is 52.8 Å². The minimum Gasteiger partial charge on any atom is -0.492 e. The number of hydrogen-bond donors (Lipinski definition) is 2. The quantitative estimate of drug-likeness (QED) is 0.494. The van der Waals surface area contributed by atoms with Gasteiger partial charge in [0.05, 0.1) is 17.7 Å². The molecule has 0 bridgehead atoms. The second-order valence-electron chi connectivity index (χ2n) is 7.60. The lowest BCUT2D eigenvalue weighted by atomic mass is 9.99. The highest BCUT2D eigenvalue weighted by Crippen LogP contribution is 2.38. The maximum absolute atomic E-state index is 13.2. The first-order valence-corrected chi connectivity index (χ1v) is 11.2. The molecule has 1 aliphatic heterocycles. The van der Waals surface area contributed by atoms with Gasteiger partial charge in [0.25, 0.3) is 5.56 Å². The number of benzene rings is 1. The zero-order valence-corrected chi connectivity index (χ0v) is 17.4. The molecule has 3 aromatic heterocycles. The Labute approximate surface area is 178 Å². The largest absolute Gasteiger partial charge is 0.492 e. The zero-order chi connectivity index (χ0) is 20.3. The number of thiophene rings is 1. The van der Waals surface area contributed by atoms with Crippen LogP contribution in [0.2, 0.25) is 0 Å². The Hall–Kier alpha value is -2.96. The minimum absolute atomic E-state index is 0.119. The van der Waals surface area contributed by atoms with Gasteiger partial charge in [0.2, 0.25) is 0 Å². The highest BCUT2D eigenvalue weighted by Gasteiger charge is 2.21.